The number of nitrogens with zero attached hydrogens (tertiary/aromatic N) is 1. The summed E-state index contributed by atoms with van der Waals surface area (Å²) < 4.78 is 29.6. The molecule has 0 saturated heterocycles. The van der Waals surface area contributed by atoms with Crippen molar-refractivity contribution in [1.29, 1.82) is 0 Å². The van der Waals surface area contributed by atoms with Crippen LogP contribution in [0.3, 0.4) is 0 Å². The molecule has 27 heavy (non-hydrogen) atoms. The Labute approximate surface area is 161 Å². The van der Waals surface area contributed by atoms with Gasteiger partial charge in [-0.3, -0.25) is 9.10 Å². The minimum absolute atomic E-state index is 0.148. The molecule has 142 valence electrons. The van der Waals surface area contributed by atoms with Gasteiger partial charge in [-0.1, -0.05) is 11.6 Å². The van der Waals surface area contributed by atoms with Crippen LogP contribution in [0.1, 0.15) is 26.3 Å². The van der Waals surface area contributed by atoms with E-state index in [-0.39, 0.29) is 16.5 Å². The molecule has 0 spiro atoms. The van der Waals surface area contributed by atoms with Crippen molar-refractivity contribution in [1.82, 2.24) is 0 Å². The quantitative estimate of drug-likeness (QED) is 0.785. The van der Waals surface area contributed by atoms with Crippen LogP contribution in [0.5, 0.6) is 0 Å². The molecule has 1 aliphatic heterocycles. The molecule has 1 amide bonds. The fourth-order valence-corrected chi connectivity index (χ4v) is 4.08. The zero-order valence-corrected chi connectivity index (χ0v) is 16.2. The number of sulfonamides is 1. The van der Waals surface area contributed by atoms with Crippen molar-refractivity contribution in [2.75, 3.05) is 29.5 Å². The summed E-state index contributed by atoms with van der Waals surface area (Å²) in [6, 6.07) is 9.37. The normalized spacial score (nSPS) is 13.2. The third-order valence-corrected chi connectivity index (χ3v) is 5.73. The Bertz CT molecular complexity index is 1040. The molecule has 0 radical (unpaired) electrons. The number of methoxy groups -OCH3 is 1. The Balaban J connectivity index is 1.83. The van der Waals surface area contributed by atoms with Gasteiger partial charge < -0.3 is 10.1 Å². The molecule has 9 heteroatoms. The number of benzene rings is 2. The first kappa shape index (κ1) is 19.2. The molecule has 0 bridgehead atoms. The van der Waals surface area contributed by atoms with Crippen LogP contribution in [0.2, 0.25) is 5.02 Å². The Hall–Kier alpha value is -2.58. The molecule has 3 rings (SSSR count). The first-order chi connectivity index (χ1) is 12.7. The van der Waals surface area contributed by atoms with Crippen molar-refractivity contribution >= 4 is 44.9 Å². The lowest BCUT2D eigenvalue weighted by Crippen LogP contribution is -2.27. The number of esters is 1. The molecular formula is C18H17ClN2O5S. The number of hydrogen-bond acceptors (Lipinski definition) is 5. The number of halogens is 1. The number of amides is 1. The maximum Gasteiger partial charge on any atom is 0.339 e. The Morgan fingerprint density at radius 3 is 2.59 bits per heavy atom. The first-order valence-electron chi connectivity index (χ1n) is 8.00. The lowest BCUT2D eigenvalue weighted by atomic mass is 10.1. The van der Waals surface area contributed by atoms with Crippen molar-refractivity contribution in [3.8, 4) is 0 Å². The minimum Gasteiger partial charge on any atom is -0.465 e. The van der Waals surface area contributed by atoms with Crippen LogP contribution in [0.15, 0.2) is 36.4 Å². The molecule has 0 aromatic heterocycles. The van der Waals surface area contributed by atoms with Crippen LogP contribution in [0.4, 0.5) is 11.4 Å². The van der Waals surface area contributed by atoms with E-state index in [1.165, 1.54) is 23.5 Å². The number of hydrogen-bond donors (Lipinski definition) is 1. The minimum atomic E-state index is -3.34. The summed E-state index contributed by atoms with van der Waals surface area (Å²) in [5.41, 5.74) is 2.31. The van der Waals surface area contributed by atoms with Crippen LogP contribution in [0.25, 0.3) is 0 Å². The maximum absolute atomic E-state index is 12.5. The van der Waals surface area contributed by atoms with Crippen LogP contribution in [0, 0.1) is 0 Å². The highest BCUT2D eigenvalue weighted by atomic mass is 35.5. The molecule has 1 heterocycles. The fraction of sp³-hybridized carbons (Fsp3) is 0.222. The number of rotatable bonds is 4. The highest BCUT2D eigenvalue weighted by Gasteiger charge is 2.26. The Kier molecular flexibility index (Phi) is 5.12. The van der Waals surface area contributed by atoms with Crippen molar-refractivity contribution < 1.29 is 22.7 Å². The summed E-state index contributed by atoms with van der Waals surface area (Å²) in [6.07, 6.45) is 1.69. The Morgan fingerprint density at radius 2 is 1.93 bits per heavy atom. The van der Waals surface area contributed by atoms with Crippen LogP contribution < -0.4 is 9.62 Å². The van der Waals surface area contributed by atoms with E-state index >= 15 is 0 Å². The van der Waals surface area contributed by atoms with E-state index < -0.39 is 16.0 Å². The summed E-state index contributed by atoms with van der Waals surface area (Å²) in [7, 11) is -2.10. The molecule has 0 saturated carbocycles. The number of carbonyl (C=O) groups excluding carboxylic acids is 2. The molecule has 0 fully saturated rings. The van der Waals surface area contributed by atoms with Gasteiger partial charge in [0.2, 0.25) is 10.0 Å². The van der Waals surface area contributed by atoms with E-state index in [0.717, 1.165) is 11.8 Å². The molecule has 0 aliphatic carbocycles. The highest BCUT2D eigenvalue weighted by molar-refractivity contribution is 7.92. The average Bonchev–Trinajstić information content (AvgIpc) is 3.06. The van der Waals surface area contributed by atoms with Gasteiger partial charge in [0.15, 0.2) is 0 Å². The summed E-state index contributed by atoms with van der Waals surface area (Å²) in [5, 5.41) is 2.92. The number of ether oxygens (including phenoxy) is 1. The van der Waals surface area contributed by atoms with Crippen LogP contribution >= 0.6 is 11.6 Å². The van der Waals surface area contributed by atoms with Crippen LogP contribution in [-0.2, 0) is 21.2 Å². The predicted octanol–water partition coefficient (Wildman–Crippen LogP) is 2.70. The number of anilines is 2. The van der Waals surface area contributed by atoms with Gasteiger partial charge in [-0.2, -0.15) is 0 Å². The molecular weight excluding hydrogens is 392 g/mol. The van der Waals surface area contributed by atoms with Gasteiger partial charge in [-0.25, -0.2) is 13.2 Å². The topological polar surface area (TPSA) is 92.8 Å². The first-order valence-corrected chi connectivity index (χ1v) is 10.2. The van der Waals surface area contributed by atoms with Crippen LogP contribution in [-0.4, -0.2) is 40.2 Å². The standard InChI is InChI=1S/C18H17ClN2O5S/c1-26-18(23)14-10-13(4-5-15(14)19)20-17(22)12-3-6-16-11(9-12)7-8-21(16)27(2,24)25/h3-6,9-10H,7-8H2,1-2H3,(H,20,22). The SMILES string of the molecule is COC(=O)c1cc(NC(=O)c2ccc3c(c2)CCN3S(C)(=O)=O)ccc1Cl. The number of nitrogens with one attached hydrogen (secondary N) is 1. The summed E-state index contributed by atoms with van der Waals surface area (Å²) in [6.45, 7) is 0.360. The second-order valence-corrected chi connectivity index (χ2v) is 8.38. The lowest BCUT2D eigenvalue weighted by Gasteiger charge is -2.16. The predicted molar refractivity (Wildman–Crippen MR) is 103 cm³/mol. The van der Waals surface area contributed by atoms with E-state index in [9.17, 15) is 18.0 Å². The molecule has 2 aromatic carbocycles. The highest BCUT2D eigenvalue weighted by Crippen LogP contribution is 2.31. The zero-order chi connectivity index (χ0) is 19.8. The summed E-state index contributed by atoms with van der Waals surface area (Å²) >= 11 is 5.97. The van der Waals surface area contributed by atoms with Crippen molar-refractivity contribution in [3.05, 3.63) is 58.1 Å². The lowest BCUT2D eigenvalue weighted by molar-refractivity contribution is 0.0600. The van der Waals surface area contributed by atoms with Crippen molar-refractivity contribution in [2.45, 2.75) is 6.42 Å². The van der Waals surface area contributed by atoms with Gasteiger partial charge in [0.05, 0.1) is 29.6 Å². The molecule has 0 unspecified atom stereocenters. The molecule has 7 nitrogen and oxygen atoms in total. The monoisotopic (exact) mass is 408 g/mol. The summed E-state index contributed by atoms with van der Waals surface area (Å²) in [5.74, 6) is -0.983. The van der Waals surface area contributed by atoms with Gasteiger partial charge in [-0.15, -0.1) is 0 Å². The van der Waals surface area contributed by atoms with Gasteiger partial charge in [0.1, 0.15) is 0 Å². The summed E-state index contributed by atoms with van der Waals surface area (Å²) in [4.78, 5) is 24.2. The number of fused-ring (bicyclic) bond motifs is 1. The van der Waals surface area contributed by atoms with Gasteiger partial charge >= 0.3 is 5.97 Å². The maximum atomic E-state index is 12.5. The van der Waals surface area contributed by atoms with Crippen molar-refractivity contribution in [2.24, 2.45) is 0 Å². The average molecular weight is 409 g/mol. The smallest absolute Gasteiger partial charge is 0.339 e. The fourth-order valence-electron chi connectivity index (χ4n) is 2.93. The van der Waals surface area contributed by atoms with E-state index in [2.05, 4.69) is 10.1 Å². The van der Waals surface area contributed by atoms with E-state index in [4.69, 9.17) is 11.6 Å². The van der Waals surface area contributed by atoms with E-state index in [0.29, 0.717) is 29.9 Å². The van der Waals surface area contributed by atoms with Crippen molar-refractivity contribution in [3.63, 3.8) is 0 Å². The second-order valence-electron chi connectivity index (χ2n) is 6.07. The molecule has 0 atom stereocenters. The molecule has 1 aliphatic rings. The van der Waals surface area contributed by atoms with E-state index in [1.54, 1.807) is 24.3 Å². The third kappa shape index (κ3) is 3.91. The molecule has 2 aromatic rings. The Morgan fingerprint density at radius 1 is 1.19 bits per heavy atom. The molecule has 1 N–H and O–H groups in total. The second kappa shape index (κ2) is 7.21. The van der Waals surface area contributed by atoms with Gasteiger partial charge in [-0.05, 0) is 48.4 Å². The zero-order valence-electron chi connectivity index (χ0n) is 14.7. The van der Waals surface area contributed by atoms with E-state index in [1.807, 2.05) is 0 Å². The number of carbonyl (C=O) groups is 2. The third-order valence-electron chi connectivity index (χ3n) is 4.22. The van der Waals surface area contributed by atoms with Gasteiger partial charge in [0.25, 0.3) is 5.91 Å². The van der Waals surface area contributed by atoms with Gasteiger partial charge in [0, 0.05) is 17.8 Å². The largest absolute Gasteiger partial charge is 0.465 e.